The molecule has 0 radical (unpaired) electrons. The molecule has 2 atom stereocenters. The van der Waals surface area contributed by atoms with Crippen molar-refractivity contribution >= 4 is 5.91 Å². The predicted octanol–water partition coefficient (Wildman–Crippen LogP) is 0.995. The lowest BCUT2D eigenvalue weighted by Gasteiger charge is -2.27. The van der Waals surface area contributed by atoms with Crippen molar-refractivity contribution in [1.29, 1.82) is 0 Å². The van der Waals surface area contributed by atoms with Crippen molar-refractivity contribution in [1.82, 2.24) is 10.2 Å². The first-order chi connectivity index (χ1) is 6.70. The van der Waals surface area contributed by atoms with Crippen LogP contribution in [0.3, 0.4) is 0 Å². The van der Waals surface area contributed by atoms with Crippen LogP contribution in [0.4, 0.5) is 0 Å². The van der Waals surface area contributed by atoms with Crippen molar-refractivity contribution in [3.8, 4) is 0 Å². The Morgan fingerprint density at radius 3 is 2.64 bits per heavy atom. The molecule has 0 aromatic heterocycles. The standard InChI is InChI=1S/C11H20N2O/c1-8(9-5-6-9)13(2)11(14)10-4-3-7-12-10/h8-10,12H,3-7H2,1-2H3. The summed E-state index contributed by atoms with van der Waals surface area (Å²) < 4.78 is 0. The third-order valence-corrected chi connectivity index (χ3v) is 3.62. The number of hydrogen-bond donors (Lipinski definition) is 1. The Hall–Kier alpha value is -0.570. The van der Waals surface area contributed by atoms with E-state index in [4.69, 9.17) is 0 Å². The predicted molar refractivity (Wildman–Crippen MR) is 56.0 cm³/mol. The minimum atomic E-state index is 0.0983. The van der Waals surface area contributed by atoms with Crippen LogP contribution < -0.4 is 5.32 Å². The van der Waals surface area contributed by atoms with Gasteiger partial charge in [-0.2, -0.15) is 0 Å². The van der Waals surface area contributed by atoms with Crippen LogP contribution in [0.25, 0.3) is 0 Å². The number of rotatable bonds is 3. The molecule has 0 spiro atoms. The average Bonchev–Trinajstić information content (AvgIpc) is 2.90. The monoisotopic (exact) mass is 196 g/mol. The van der Waals surface area contributed by atoms with Gasteiger partial charge in [0.1, 0.15) is 0 Å². The van der Waals surface area contributed by atoms with Gasteiger partial charge in [0.05, 0.1) is 6.04 Å². The molecule has 1 amide bonds. The summed E-state index contributed by atoms with van der Waals surface area (Å²) in [7, 11) is 1.95. The summed E-state index contributed by atoms with van der Waals surface area (Å²) in [6.07, 6.45) is 4.76. The molecule has 80 valence electrons. The van der Waals surface area contributed by atoms with E-state index in [-0.39, 0.29) is 6.04 Å². The molecule has 2 unspecified atom stereocenters. The summed E-state index contributed by atoms with van der Waals surface area (Å²) in [5.41, 5.74) is 0. The highest BCUT2D eigenvalue weighted by molar-refractivity contribution is 5.82. The molecule has 0 aromatic rings. The molecular formula is C11H20N2O. The van der Waals surface area contributed by atoms with E-state index in [2.05, 4.69) is 12.2 Å². The average molecular weight is 196 g/mol. The summed E-state index contributed by atoms with van der Waals surface area (Å²) in [5.74, 6) is 1.06. The van der Waals surface area contributed by atoms with Gasteiger partial charge in [0, 0.05) is 13.1 Å². The fraction of sp³-hybridized carbons (Fsp3) is 0.909. The molecular weight excluding hydrogens is 176 g/mol. The number of hydrogen-bond acceptors (Lipinski definition) is 2. The van der Waals surface area contributed by atoms with E-state index < -0.39 is 0 Å². The van der Waals surface area contributed by atoms with Gasteiger partial charge < -0.3 is 10.2 Å². The lowest BCUT2D eigenvalue weighted by atomic mass is 10.1. The second-order valence-electron chi connectivity index (χ2n) is 4.68. The molecule has 1 aliphatic carbocycles. The number of carbonyl (C=O) groups is 1. The second kappa shape index (κ2) is 3.89. The molecule has 14 heavy (non-hydrogen) atoms. The smallest absolute Gasteiger partial charge is 0.239 e. The van der Waals surface area contributed by atoms with E-state index in [1.807, 2.05) is 11.9 Å². The maximum atomic E-state index is 12.0. The summed E-state index contributed by atoms with van der Waals surface area (Å²) in [6.45, 7) is 3.17. The van der Waals surface area contributed by atoms with Gasteiger partial charge in [0.2, 0.25) is 5.91 Å². The Bertz CT molecular complexity index is 219. The van der Waals surface area contributed by atoms with Crippen molar-refractivity contribution in [2.24, 2.45) is 5.92 Å². The van der Waals surface area contributed by atoms with Crippen LogP contribution in [-0.2, 0) is 4.79 Å². The lowest BCUT2D eigenvalue weighted by Crippen LogP contribution is -2.46. The Balaban J connectivity index is 1.88. The van der Waals surface area contributed by atoms with Gasteiger partial charge in [-0.05, 0) is 45.1 Å². The van der Waals surface area contributed by atoms with Crippen LogP contribution in [0.2, 0.25) is 0 Å². The first kappa shape index (κ1) is 9.97. The molecule has 1 aliphatic heterocycles. The SMILES string of the molecule is CC(C1CC1)N(C)C(=O)C1CCCN1. The number of carbonyl (C=O) groups excluding carboxylic acids is 1. The van der Waals surface area contributed by atoms with E-state index >= 15 is 0 Å². The van der Waals surface area contributed by atoms with Crippen molar-refractivity contribution in [2.75, 3.05) is 13.6 Å². The number of amides is 1. The Labute approximate surface area is 85.8 Å². The van der Waals surface area contributed by atoms with Crippen LogP contribution in [0.15, 0.2) is 0 Å². The second-order valence-corrected chi connectivity index (χ2v) is 4.68. The summed E-state index contributed by atoms with van der Waals surface area (Å²) in [6, 6.07) is 0.533. The third-order valence-electron chi connectivity index (χ3n) is 3.62. The molecule has 3 nitrogen and oxygen atoms in total. The Kier molecular flexibility index (Phi) is 2.77. The normalized spacial score (nSPS) is 28.9. The number of nitrogens with one attached hydrogen (secondary N) is 1. The van der Waals surface area contributed by atoms with E-state index in [0.29, 0.717) is 11.9 Å². The fourth-order valence-corrected chi connectivity index (χ4v) is 2.24. The molecule has 1 saturated carbocycles. The topological polar surface area (TPSA) is 32.3 Å². The maximum Gasteiger partial charge on any atom is 0.239 e. The van der Waals surface area contributed by atoms with Crippen LogP contribution >= 0.6 is 0 Å². The Morgan fingerprint density at radius 2 is 2.14 bits per heavy atom. The minimum absolute atomic E-state index is 0.0983. The quantitative estimate of drug-likeness (QED) is 0.730. The molecule has 2 rings (SSSR count). The molecule has 2 fully saturated rings. The highest BCUT2D eigenvalue weighted by atomic mass is 16.2. The first-order valence-corrected chi connectivity index (χ1v) is 5.70. The van der Waals surface area contributed by atoms with E-state index in [1.54, 1.807) is 0 Å². The molecule has 1 heterocycles. The van der Waals surface area contributed by atoms with Gasteiger partial charge in [0.15, 0.2) is 0 Å². The number of nitrogens with zero attached hydrogens (tertiary/aromatic N) is 1. The van der Waals surface area contributed by atoms with Crippen molar-refractivity contribution in [3.05, 3.63) is 0 Å². The highest BCUT2D eigenvalue weighted by Crippen LogP contribution is 2.34. The zero-order valence-corrected chi connectivity index (χ0v) is 9.12. The molecule has 0 aromatic carbocycles. The molecule has 2 aliphatic rings. The molecule has 3 heteroatoms. The van der Waals surface area contributed by atoms with Crippen molar-refractivity contribution < 1.29 is 4.79 Å². The number of likely N-dealkylation sites (N-methyl/N-ethyl adjacent to an activating group) is 1. The van der Waals surface area contributed by atoms with E-state index in [1.165, 1.54) is 12.8 Å². The van der Waals surface area contributed by atoms with Gasteiger partial charge in [-0.3, -0.25) is 4.79 Å². The Morgan fingerprint density at radius 1 is 1.43 bits per heavy atom. The molecule has 0 bridgehead atoms. The van der Waals surface area contributed by atoms with Crippen molar-refractivity contribution in [3.63, 3.8) is 0 Å². The zero-order chi connectivity index (χ0) is 10.1. The zero-order valence-electron chi connectivity index (χ0n) is 9.12. The van der Waals surface area contributed by atoms with Crippen LogP contribution in [0.1, 0.15) is 32.6 Å². The summed E-state index contributed by atoms with van der Waals surface area (Å²) >= 11 is 0. The summed E-state index contributed by atoms with van der Waals surface area (Å²) in [4.78, 5) is 13.9. The van der Waals surface area contributed by atoms with Crippen molar-refractivity contribution in [2.45, 2.75) is 44.7 Å². The highest BCUT2D eigenvalue weighted by Gasteiger charge is 2.35. The van der Waals surface area contributed by atoms with Crippen LogP contribution in [0.5, 0.6) is 0 Å². The van der Waals surface area contributed by atoms with Gasteiger partial charge in [-0.1, -0.05) is 0 Å². The molecule has 1 N–H and O–H groups in total. The fourth-order valence-electron chi connectivity index (χ4n) is 2.24. The maximum absolute atomic E-state index is 12.0. The van der Waals surface area contributed by atoms with E-state index in [9.17, 15) is 4.79 Å². The molecule has 1 saturated heterocycles. The third kappa shape index (κ3) is 1.92. The van der Waals surface area contributed by atoms with Crippen LogP contribution in [-0.4, -0.2) is 36.5 Å². The summed E-state index contributed by atoms with van der Waals surface area (Å²) in [5, 5.41) is 3.26. The minimum Gasteiger partial charge on any atom is -0.341 e. The van der Waals surface area contributed by atoms with E-state index in [0.717, 1.165) is 25.3 Å². The van der Waals surface area contributed by atoms with Gasteiger partial charge in [0.25, 0.3) is 0 Å². The van der Waals surface area contributed by atoms with Gasteiger partial charge in [-0.15, -0.1) is 0 Å². The largest absolute Gasteiger partial charge is 0.341 e. The van der Waals surface area contributed by atoms with Crippen LogP contribution in [0, 0.1) is 5.92 Å². The van der Waals surface area contributed by atoms with Gasteiger partial charge in [-0.25, -0.2) is 0 Å². The first-order valence-electron chi connectivity index (χ1n) is 5.70. The van der Waals surface area contributed by atoms with Gasteiger partial charge >= 0.3 is 0 Å². The lowest BCUT2D eigenvalue weighted by molar-refractivity contribution is -0.133.